The van der Waals surface area contributed by atoms with Gasteiger partial charge in [-0.3, -0.25) is 9.59 Å². The molecule has 2 aliphatic heterocycles. The van der Waals surface area contributed by atoms with Crippen LogP contribution in [0.3, 0.4) is 0 Å². The Morgan fingerprint density at radius 2 is 1.92 bits per heavy atom. The first-order valence-electron chi connectivity index (χ1n) is 12.4. The Hall–Kier alpha value is -2.03. The maximum atomic E-state index is 13.2. The van der Waals surface area contributed by atoms with E-state index in [9.17, 15) is 9.59 Å². The summed E-state index contributed by atoms with van der Waals surface area (Å²) in [6.45, 7) is 7.93. The number of ether oxygens (including phenoxy) is 3. The molecule has 2 heterocycles. The van der Waals surface area contributed by atoms with Gasteiger partial charge in [0.15, 0.2) is 0 Å². The first kappa shape index (κ1) is 28.0. The first-order chi connectivity index (χ1) is 17.9. The number of benzene rings is 2. The maximum Gasteiger partial charge on any atom is 0.310 e. The van der Waals surface area contributed by atoms with Crippen LogP contribution in [0, 0.1) is 5.92 Å². The number of nitrogens with zero attached hydrogens (tertiary/aromatic N) is 1. The van der Waals surface area contributed by atoms with Gasteiger partial charge >= 0.3 is 5.97 Å². The van der Waals surface area contributed by atoms with E-state index in [1.807, 2.05) is 24.3 Å². The highest BCUT2D eigenvalue weighted by Crippen LogP contribution is 2.40. The molecule has 0 aliphatic carbocycles. The van der Waals surface area contributed by atoms with Gasteiger partial charge in [0.1, 0.15) is 5.44 Å². The van der Waals surface area contributed by atoms with Crippen LogP contribution in [-0.2, 0) is 30.2 Å². The highest BCUT2D eigenvalue weighted by atomic mass is 35.5. The number of esters is 1. The highest BCUT2D eigenvalue weighted by Gasteiger charge is 2.31. The Kier molecular flexibility index (Phi) is 9.96. The molecule has 0 spiro atoms. The van der Waals surface area contributed by atoms with Crippen LogP contribution >= 0.6 is 35.0 Å². The van der Waals surface area contributed by atoms with Crippen LogP contribution in [0.1, 0.15) is 30.9 Å². The van der Waals surface area contributed by atoms with E-state index in [0.29, 0.717) is 49.9 Å². The van der Waals surface area contributed by atoms with Gasteiger partial charge in [-0.05, 0) is 31.4 Å². The van der Waals surface area contributed by atoms with Crippen molar-refractivity contribution < 1.29 is 23.8 Å². The van der Waals surface area contributed by atoms with E-state index >= 15 is 0 Å². The Balaban J connectivity index is 1.40. The van der Waals surface area contributed by atoms with Gasteiger partial charge < -0.3 is 19.1 Å². The summed E-state index contributed by atoms with van der Waals surface area (Å²) in [6.07, 6.45) is 2.14. The average molecular weight is 565 g/mol. The molecule has 9 heteroatoms. The van der Waals surface area contributed by atoms with Gasteiger partial charge in [0.05, 0.1) is 41.9 Å². The molecule has 0 saturated carbocycles. The first-order valence-corrected chi connectivity index (χ1v) is 14.1. The predicted molar refractivity (Wildman–Crippen MR) is 147 cm³/mol. The molecule has 3 unspecified atom stereocenters. The number of amides is 1. The molecular weight excluding hydrogens is 533 g/mol. The molecule has 2 aliphatic rings. The summed E-state index contributed by atoms with van der Waals surface area (Å²) in [6, 6.07) is 13.7. The minimum atomic E-state index is -0.327. The van der Waals surface area contributed by atoms with Gasteiger partial charge in [0, 0.05) is 35.5 Å². The van der Waals surface area contributed by atoms with Crippen molar-refractivity contribution in [3.8, 4) is 0 Å². The van der Waals surface area contributed by atoms with Gasteiger partial charge in [-0.25, -0.2) is 0 Å². The van der Waals surface area contributed by atoms with Crippen LogP contribution in [0.2, 0.25) is 10.0 Å². The molecule has 1 amide bonds. The summed E-state index contributed by atoms with van der Waals surface area (Å²) in [5, 5.41) is 0.608. The number of thioether (sulfide) groups is 1. The molecule has 2 saturated heterocycles. The smallest absolute Gasteiger partial charge is 0.310 e. The summed E-state index contributed by atoms with van der Waals surface area (Å²) in [5.74, 6) is -0.861. The monoisotopic (exact) mass is 563 g/mol. The molecule has 6 nitrogen and oxygen atoms in total. The molecule has 0 radical (unpaired) electrons. The zero-order valence-corrected chi connectivity index (χ0v) is 23.1. The van der Waals surface area contributed by atoms with E-state index in [4.69, 9.17) is 37.4 Å². The van der Waals surface area contributed by atoms with Crippen molar-refractivity contribution in [1.82, 2.24) is 4.90 Å². The van der Waals surface area contributed by atoms with Crippen LogP contribution in [0.15, 0.2) is 53.9 Å². The zero-order valence-electron chi connectivity index (χ0n) is 20.8. The molecule has 0 N–H and O–H groups in total. The Morgan fingerprint density at radius 1 is 1.14 bits per heavy atom. The van der Waals surface area contributed by atoms with E-state index in [1.54, 1.807) is 17.9 Å². The highest BCUT2D eigenvalue weighted by molar-refractivity contribution is 8.00. The zero-order chi connectivity index (χ0) is 26.4. The quantitative estimate of drug-likeness (QED) is 0.295. The number of piperidine rings is 1. The Labute approximate surface area is 232 Å². The number of hydrogen-bond acceptors (Lipinski definition) is 6. The topological polar surface area (TPSA) is 65.1 Å². The molecular formula is C28H31Cl2NO5S. The summed E-state index contributed by atoms with van der Waals surface area (Å²) in [7, 11) is 0. The average Bonchev–Trinajstić information content (AvgIpc) is 2.91. The molecule has 37 heavy (non-hydrogen) atoms. The summed E-state index contributed by atoms with van der Waals surface area (Å²) in [5.41, 5.74) is 1.67. The Bertz CT molecular complexity index is 1130. The number of rotatable bonds is 8. The number of hydrogen-bond donors (Lipinski definition) is 0. The summed E-state index contributed by atoms with van der Waals surface area (Å²) >= 11 is 14.7. The normalized spacial score (nSPS) is 21.9. The lowest BCUT2D eigenvalue weighted by Gasteiger charge is -2.32. The second kappa shape index (κ2) is 13.2. The van der Waals surface area contributed by atoms with Crippen molar-refractivity contribution in [3.63, 3.8) is 0 Å². The van der Waals surface area contributed by atoms with Crippen molar-refractivity contribution in [3.05, 3.63) is 70.2 Å². The Morgan fingerprint density at radius 3 is 2.68 bits per heavy atom. The fourth-order valence-corrected chi connectivity index (χ4v) is 6.20. The maximum absolute atomic E-state index is 13.2. The second-order valence-corrected chi connectivity index (χ2v) is 11.1. The number of halogens is 2. The predicted octanol–water partition coefficient (Wildman–Crippen LogP) is 5.88. The van der Waals surface area contributed by atoms with E-state index in [2.05, 4.69) is 18.7 Å². The van der Waals surface area contributed by atoms with Crippen LogP contribution in [0.4, 0.5) is 0 Å². The lowest BCUT2D eigenvalue weighted by molar-refractivity contribution is -0.150. The van der Waals surface area contributed by atoms with E-state index < -0.39 is 0 Å². The van der Waals surface area contributed by atoms with Crippen LogP contribution < -0.4 is 0 Å². The van der Waals surface area contributed by atoms with Crippen LogP contribution in [0.25, 0.3) is 5.57 Å². The number of carbonyl (C=O) groups is 2. The summed E-state index contributed by atoms with van der Waals surface area (Å²) in [4.78, 5) is 27.8. The van der Waals surface area contributed by atoms with Crippen molar-refractivity contribution in [2.75, 3.05) is 32.9 Å². The van der Waals surface area contributed by atoms with Crippen LogP contribution in [0.5, 0.6) is 0 Å². The molecule has 2 aromatic rings. The van der Waals surface area contributed by atoms with Gasteiger partial charge in [-0.2, -0.15) is 0 Å². The van der Waals surface area contributed by atoms with Gasteiger partial charge in [-0.15, -0.1) is 0 Å². The summed E-state index contributed by atoms with van der Waals surface area (Å²) < 4.78 is 17.2. The second-order valence-electron chi connectivity index (χ2n) is 9.09. The lowest BCUT2D eigenvalue weighted by Crippen LogP contribution is -2.43. The lowest BCUT2D eigenvalue weighted by atomic mass is 9.96. The molecule has 0 bridgehead atoms. The molecule has 4 rings (SSSR count). The van der Waals surface area contributed by atoms with Crippen molar-refractivity contribution in [1.29, 1.82) is 0 Å². The van der Waals surface area contributed by atoms with Crippen LogP contribution in [-0.4, -0.2) is 61.2 Å². The van der Waals surface area contributed by atoms with Gasteiger partial charge in [0.25, 0.3) is 5.91 Å². The third-order valence-electron chi connectivity index (χ3n) is 6.43. The largest absolute Gasteiger partial charge is 0.466 e. The minimum absolute atomic E-state index is 0.0532. The third-order valence-corrected chi connectivity index (χ3v) is 8.52. The number of carbonyl (C=O) groups excluding carboxylic acids is 2. The fraction of sp³-hybridized carbons (Fsp3) is 0.429. The SMILES string of the molecule is C=C(C(=O)N1CCCC(C(=O)OCC)C1)c1ccc(SC2COCC(Cc3ccccc3)O2)c(Cl)c1Cl. The number of likely N-dealkylation sites (tertiary alicyclic amines) is 1. The van der Waals surface area contributed by atoms with E-state index in [0.717, 1.165) is 17.7 Å². The minimum Gasteiger partial charge on any atom is -0.466 e. The molecule has 2 fully saturated rings. The van der Waals surface area contributed by atoms with Crippen molar-refractivity contribution >= 4 is 52.4 Å². The molecule has 3 atom stereocenters. The molecule has 0 aromatic heterocycles. The van der Waals surface area contributed by atoms with E-state index in [1.165, 1.54) is 17.3 Å². The third kappa shape index (κ3) is 7.09. The van der Waals surface area contributed by atoms with Crippen molar-refractivity contribution in [2.24, 2.45) is 5.92 Å². The van der Waals surface area contributed by atoms with Gasteiger partial charge in [-0.1, -0.05) is 77.9 Å². The van der Waals surface area contributed by atoms with Gasteiger partial charge in [0.2, 0.25) is 0 Å². The van der Waals surface area contributed by atoms with E-state index in [-0.39, 0.29) is 39.9 Å². The fourth-order valence-electron chi connectivity index (χ4n) is 4.55. The molecule has 2 aromatic carbocycles. The van der Waals surface area contributed by atoms with Crippen molar-refractivity contribution in [2.45, 2.75) is 42.6 Å². The standard InChI is InChI=1S/C28H31Cl2NO5S/c1-3-35-28(33)20-10-7-13-31(15-20)27(32)18(2)22-11-12-23(26(30)25(22)29)37-24-17-34-16-21(36-24)14-19-8-5-4-6-9-19/h4-6,8-9,11-12,20-21,24H,2-3,7,10,13-17H2,1H3. The molecule has 198 valence electrons.